The van der Waals surface area contributed by atoms with E-state index in [-0.39, 0.29) is 5.41 Å². The van der Waals surface area contributed by atoms with Gasteiger partial charge in [-0.2, -0.15) is 0 Å². The lowest BCUT2D eigenvalue weighted by atomic mass is 9.72. The van der Waals surface area contributed by atoms with Crippen LogP contribution in [0.4, 0.5) is 0 Å². The Morgan fingerprint density at radius 3 is 2.50 bits per heavy atom. The van der Waals surface area contributed by atoms with Crippen LogP contribution < -0.4 is 0 Å². The van der Waals surface area contributed by atoms with Crippen LogP contribution in [0.3, 0.4) is 0 Å². The smallest absolute Gasteiger partial charge is 0.0713 e. The largest absolute Gasteiger partial charge is 0.389 e. The van der Waals surface area contributed by atoms with E-state index in [0.717, 1.165) is 19.3 Å². The van der Waals surface area contributed by atoms with Crippen LogP contribution in [0.2, 0.25) is 0 Å². The van der Waals surface area contributed by atoms with Crippen LogP contribution in [0.5, 0.6) is 0 Å². The van der Waals surface area contributed by atoms with Gasteiger partial charge < -0.3 is 5.11 Å². The third-order valence-corrected chi connectivity index (χ3v) is 4.83. The fraction of sp³-hybridized carbons (Fsp3) is 0.667. The van der Waals surface area contributed by atoms with Crippen molar-refractivity contribution in [2.24, 2.45) is 0 Å². The molecule has 1 heterocycles. The minimum Gasteiger partial charge on any atom is -0.389 e. The Balaban J connectivity index is 2.47. The maximum atomic E-state index is 10.4. The second-order valence-corrected chi connectivity index (χ2v) is 5.97. The molecule has 1 nitrogen and oxygen atoms in total. The molecule has 1 aromatic rings. The molecule has 0 bridgehead atoms. The summed E-state index contributed by atoms with van der Waals surface area (Å²) in [7, 11) is 0. The Morgan fingerprint density at radius 1 is 1.36 bits per heavy atom. The molecule has 78 valence electrons. The van der Waals surface area contributed by atoms with E-state index < -0.39 is 5.60 Å². The van der Waals surface area contributed by atoms with Crippen molar-refractivity contribution in [3.8, 4) is 0 Å². The Hall–Kier alpha value is -0.340. The van der Waals surface area contributed by atoms with E-state index in [1.165, 1.54) is 10.4 Å². The van der Waals surface area contributed by atoms with Crippen molar-refractivity contribution in [3.63, 3.8) is 0 Å². The van der Waals surface area contributed by atoms with Crippen molar-refractivity contribution in [1.82, 2.24) is 0 Å². The molecule has 1 aliphatic carbocycles. The zero-order valence-electron chi connectivity index (χ0n) is 9.13. The van der Waals surface area contributed by atoms with Crippen molar-refractivity contribution in [2.45, 2.75) is 51.0 Å². The first kappa shape index (κ1) is 10.2. The lowest BCUT2D eigenvalue weighted by molar-refractivity contribution is 0.00684. The van der Waals surface area contributed by atoms with Gasteiger partial charge in [-0.05, 0) is 50.1 Å². The average Bonchev–Trinajstić information content (AvgIpc) is 2.59. The monoisotopic (exact) mass is 210 g/mol. The molecule has 1 N–H and O–H groups in total. The zero-order chi connectivity index (χ0) is 10.4. The first-order chi connectivity index (χ1) is 6.47. The van der Waals surface area contributed by atoms with Crippen LogP contribution in [0.1, 0.15) is 43.6 Å². The van der Waals surface area contributed by atoms with E-state index >= 15 is 0 Å². The fourth-order valence-corrected chi connectivity index (χ4v) is 3.54. The average molecular weight is 210 g/mol. The summed E-state index contributed by atoms with van der Waals surface area (Å²) in [5.74, 6) is 0. The maximum Gasteiger partial charge on any atom is 0.0713 e. The SMILES string of the molecule is Cc1sccc1C1(C)CCCC1(C)O. The summed E-state index contributed by atoms with van der Waals surface area (Å²) in [4.78, 5) is 1.36. The fourth-order valence-electron chi connectivity index (χ4n) is 2.71. The van der Waals surface area contributed by atoms with Gasteiger partial charge in [0, 0.05) is 10.3 Å². The van der Waals surface area contributed by atoms with Gasteiger partial charge in [-0.3, -0.25) is 0 Å². The summed E-state index contributed by atoms with van der Waals surface area (Å²) in [6.07, 6.45) is 3.18. The highest BCUT2D eigenvalue weighted by Gasteiger charge is 2.49. The minimum absolute atomic E-state index is 0.0307. The maximum absolute atomic E-state index is 10.4. The molecule has 2 rings (SSSR count). The molecule has 0 aromatic carbocycles. The van der Waals surface area contributed by atoms with E-state index in [1.54, 1.807) is 11.3 Å². The summed E-state index contributed by atoms with van der Waals surface area (Å²) >= 11 is 1.78. The Labute approximate surface area is 89.8 Å². The standard InChI is InChI=1S/C12H18OS/c1-9-10(5-8-14-9)11(2)6-4-7-12(11,3)13/h5,8,13H,4,6-7H2,1-3H3. The predicted molar refractivity (Wildman–Crippen MR) is 60.9 cm³/mol. The second-order valence-electron chi connectivity index (χ2n) is 4.85. The number of aryl methyl sites for hydroxylation is 1. The van der Waals surface area contributed by atoms with Crippen LogP contribution in [0, 0.1) is 6.92 Å². The van der Waals surface area contributed by atoms with E-state index in [9.17, 15) is 5.11 Å². The van der Waals surface area contributed by atoms with E-state index in [2.05, 4.69) is 25.3 Å². The number of hydrogen-bond acceptors (Lipinski definition) is 2. The molecule has 0 amide bonds. The molecule has 2 atom stereocenters. The van der Waals surface area contributed by atoms with E-state index in [4.69, 9.17) is 0 Å². The van der Waals surface area contributed by atoms with Gasteiger partial charge in [-0.1, -0.05) is 6.92 Å². The first-order valence-corrected chi connectivity index (χ1v) is 6.12. The van der Waals surface area contributed by atoms with Crippen molar-refractivity contribution in [1.29, 1.82) is 0 Å². The van der Waals surface area contributed by atoms with Gasteiger partial charge in [0.05, 0.1) is 5.60 Å². The van der Waals surface area contributed by atoms with E-state index in [0.29, 0.717) is 0 Å². The number of thiophene rings is 1. The van der Waals surface area contributed by atoms with Gasteiger partial charge >= 0.3 is 0 Å². The lowest BCUT2D eigenvalue weighted by Crippen LogP contribution is -2.42. The molecule has 2 unspecified atom stereocenters. The summed E-state index contributed by atoms with van der Waals surface area (Å²) in [5.41, 5.74) is 0.792. The van der Waals surface area contributed by atoms with Crippen molar-refractivity contribution >= 4 is 11.3 Å². The zero-order valence-corrected chi connectivity index (χ0v) is 9.95. The third kappa shape index (κ3) is 1.24. The highest BCUT2D eigenvalue weighted by molar-refractivity contribution is 7.10. The molecular weight excluding hydrogens is 192 g/mol. The topological polar surface area (TPSA) is 20.2 Å². The Morgan fingerprint density at radius 2 is 2.07 bits per heavy atom. The molecule has 1 aromatic heterocycles. The normalized spacial score (nSPS) is 37.7. The molecule has 14 heavy (non-hydrogen) atoms. The predicted octanol–water partition coefficient (Wildman–Crippen LogP) is 3.25. The van der Waals surface area contributed by atoms with Crippen LogP contribution in [0.15, 0.2) is 11.4 Å². The van der Waals surface area contributed by atoms with Gasteiger partial charge in [0.25, 0.3) is 0 Å². The highest BCUT2D eigenvalue weighted by atomic mass is 32.1. The van der Waals surface area contributed by atoms with Gasteiger partial charge in [0.15, 0.2) is 0 Å². The summed E-state index contributed by atoms with van der Waals surface area (Å²) in [6, 6.07) is 2.18. The number of hydrogen-bond donors (Lipinski definition) is 1. The molecule has 1 saturated carbocycles. The molecule has 0 saturated heterocycles. The number of aliphatic hydroxyl groups is 1. The van der Waals surface area contributed by atoms with Crippen molar-refractivity contribution in [2.75, 3.05) is 0 Å². The Bertz CT molecular complexity index is 340. The van der Waals surface area contributed by atoms with Crippen molar-refractivity contribution in [3.05, 3.63) is 21.9 Å². The molecule has 1 aliphatic rings. The van der Waals surface area contributed by atoms with Crippen LogP contribution in [-0.2, 0) is 5.41 Å². The Kier molecular flexibility index (Phi) is 2.24. The molecule has 0 aliphatic heterocycles. The summed E-state index contributed by atoms with van der Waals surface area (Å²) < 4.78 is 0. The number of rotatable bonds is 1. The van der Waals surface area contributed by atoms with Gasteiger partial charge in [0.1, 0.15) is 0 Å². The van der Waals surface area contributed by atoms with Crippen molar-refractivity contribution < 1.29 is 5.11 Å². The quantitative estimate of drug-likeness (QED) is 0.754. The van der Waals surface area contributed by atoms with E-state index in [1.807, 2.05) is 6.92 Å². The molecule has 1 fully saturated rings. The van der Waals surface area contributed by atoms with Gasteiger partial charge in [-0.15, -0.1) is 11.3 Å². The molecule has 2 heteroatoms. The van der Waals surface area contributed by atoms with Crippen LogP contribution >= 0.6 is 11.3 Å². The van der Waals surface area contributed by atoms with Gasteiger partial charge in [0.2, 0.25) is 0 Å². The second kappa shape index (κ2) is 3.07. The summed E-state index contributed by atoms with van der Waals surface area (Å²) in [6.45, 7) is 6.34. The first-order valence-electron chi connectivity index (χ1n) is 5.24. The highest BCUT2D eigenvalue weighted by Crippen LogP contribution is 2.49. The van der Waals surface area contributed by atoms with Crippen LogP contribution in [0.25, 0.3) is 0 Å². The molecule has 0 radical (unpaired) electrons. The lowest BCUT2D eigenvalue weighted by Gasteiger charge is -2.37. The molecule has 0 spiro atoms. The van der Waals surface area contributed by atoms with Gasteiger partial charge in [-0.25, -0.2) is 0 Å². The van der Waals surface area contributed by atoms with Crippen LogP contribution in [-0.4, -0.2) is 10.7 Å². The third-order valence-electron chi connectivity index (χ3n) is 3.98. The minimum atomic E-state index is -0.529. The molecular formula is C12H18OS. The summed E-state index contributed by atoms with van der Waals surface area (Å²) in [5, 5.41) is 12.5.